The molecule has 2 rings (SSSR count). The van der Waals surface area contributed by atoms with Gasteiger partial charge in [0.1, 0.15) is 0 Å². The fourth-order valence-corrected chi connectivity index (χ4v) is 2.13. The van der Waals surface area contributed by atoms with Crippen LogP contribution in [0.1, 0.15) is 23.2 Å². The van der Waals surface area contributed by atoms with E-state index in [1.165, 1.54) is 0 Å². The van der Waals surface area contributed by atoms with Crippen molar-refractivity contribution in [2.45, 2.75) is 23.8 Å². The lowest BCUT2D eigenvalue weighted by molar-refractivity contribution is -0.135. The number of fused-ring (bicyclic) bond motifs is 1. The fraction of sp³-hybridized carbons (Fsp3) is 0.364. The SMILES string of the molecule is O=c1[nH]c2ccc(C(Br)CCC(F)(F)F)cc2o1. The zero-order chi connectivity index (χ0) is 13.3. The number of oxazole rings is 1. The number of hydrogen-bond acceptors (Lipinski definition) is 2. The molecule has 0 aliphatic rings. The highest BCUT2D eigenvalue weighted by molar-refractivity contribution is 9.09. The van der Waals surface area contributed by atoms with Crippen molar-refractivity contribution in [2.24, 2.45) is 0 Å². The van der Waals surface area contributed by atoms with Crippen molar-refractivity contribution in [3.63, 3.8) is 0 Å². The second kappa shape index (κ2) is 4.79. The normalized spacial score (nSPS) is 14.0. The van der Waals surface area contributed by atoms with Crippen LogP contribution in [0.4, 0.5) is 13.2 Å². The Morgan fingerprint density at radius 3 is 2.78 bits per heavy atom. The molecule has 0 saturated heterocycles. The van der Waals surface area contributed by atoms with E-state index in [-0.39, 0.29) is 6.42 Å². The minimum absolute atomic E-state index is 0.0658. The van der Waals surface area contributed by atoms with Gasteiger partial charge < -0.3 is 4.42 Å². The quantitative estimate of drug-likeness (QED) is 0.871. The summed E-state index contributed by atoms with van der Waals surface area (Å²) in [5.41, 5.74) is 1.52. The Morgan fingerprint density at radius 1 is 1.39 bits per heavy atom. The minimum atomic E-state index is -4.17. The van der Waals surface area contributed by atoms with E-state index in [0.717, 1.165) is 0 Å². The van der Waals surface area contributed by atoms with Gasteiger partial charge in [0.05, 0.1) is 5.52 Å². The molecule has 1 unspecified atom stereocenters. The van der Waals surface area contributed by atoms with Crippen LogP contribution < -0.4 is 5.76 Å². The molecule has 1 aromatic carbocycles. The van der Waals surface area contributed by atoms with E-state index < -0.39 is 23.2 Å². The first-order valence-corrected chi connectivity index (χ1v) is 6.10. The van der Waals surface area contributed by atoms with Crippen LogP contribution in [0.25, 0.3) is 11.1 Å². The van der Waals surface area contributed by atoms with E-state index in [1.807, 2.05) is 0 Å². The van der Waals surface area contributed by atoms with Crippen LogP contribution in [0.2, 0.25) is 0 Å². The summed E-state index contributed by atoms with van der Waals surface area (Å²) < 4.78 is 41.2. The average Bonchev–Trinajstić information content (AvgIpc) is 2.63. The molecule has 0 bridgehead atoms. The number of aromatic amines is 1. The molecular formula is C11H9BrF3NO2. The zero-order valence-corrected chi connectivity index (χ0v) is 10.6. The van der Waals surface area contributed by atoms with Crippen LogP contribution in [-0.2, 0) is 0 Å². The van der Waals surface area contributed by atoms with Crippen LogP contribution in [-0.4, -0.2) is 11.2 Å². The van der Waals surface area contributed by atoms with E-state index in [0.29, 0.717) is 16.7 Å². The third-order valence-electron chi connectivity index (χ3n) is 2.49. The van der Waals surface area contributed by atoms with E-state index in [2.05, 4.69) is 20.9 Å². The van der Waals surface area contributed by atoms with Gasteiger partial charge in [-0.3, -0.25) is 4.98 Å². The van der Waals surface area contributed by atoms with Crippen LogP contribution in [0.5, 0.6) is 0 Å². The number of nitrogens with one attached hydrogen (secondary N) is 1. The Morgan fingerprint density at radius 2 is 2.11 bits per heavy atom. The molecule has 7 heteroatoms. The standard InChI is InChI=1S/C11H9BrF3NO2/c12-7(3-4-11(13,14)15)6-1-2-8-9(5-6)18-10(17)16-8/h1-2,5,7H,3-4H2,(H,16,17). The summed E-state index contributed by atoms with van der Waals surface area (Å²) in [4.78, 5) is 13.0. The molecule has 1 N–H and O–H groups in total. The van der Waals surface area contributed by atoms with Gasteiger partial charge in [-0.05, 0) is 24.1 Å². The second-order valence-corrected chi connectivity index (χ2v) is 5.00. The highest BCUT2D eigenvalue weighted by atomic mass is 79.9. The summed E-state index contributed by atoms with van der Waals surface area (Å²) in [6, 6.07) is 4.82. The number of aromatic nitrogens is 1. The van der Waals surface area contributed by atoms with Gasteiger partial charge in [-0.25, -0.2) is 4.79 Å². The molecule has 0 spiro atoms. The van der Waals surface area contributed by atoms with E-state index in [1.54, 1.807) is 18.2 Å². The molecule has 0 amide bonds. The monoisotopic (exact) mass is 323 g/mol. The fourth-order valence-electron chi connectivity index (χ4n) is 1.61. The lowest BCUT2D eigenvalue weighted by atomic mass is 10.1. The predicted molar refractivity (Wildman–Crippen MR) is 63.8 cm³/mol. The number of H-pyrrole nitrogens is 1. The largest absolute Gasteiger partial charge is 0.417 e. The Kier molecular flexibility index (Phi) is 3.52. The second-order valence-electron chi connectivity index (χ2n) is 3.89. The van der Waals surface area contributed by atoms with Crippen molar-refractivity contribution in [3.8, 4) is 0 Å². The number of benzene rings is 1. The van der Waals surface area contributed by atoms with Gasteiger partial charge in [-0.15, -0.1) is 0 Å². The first kappa shape index (κ1) is 13.2. The Hall–Kier alpha value is -1.24. The first-order valence-electron chi connectivity index (χ1n) is 5.19. The summed E-state index contributed by atoms with van der Waals surface area (Å²) in [7, 11) is 0. The molecule has 18 heavy (non-hydrogen) atoms. The lowest BCUT2D eigenvalue weighted by Gasteiger charge is -2.11. The molecule has 2 aromatic rings. The maximum Gasteiger partial charge on any atom is 0.417 e. The van der Waals surface area contributed by atoms with Crippen molar-refractivity contribution < 1.29 is 17.6 Å². The third-order valence-corrected chi connectivity index (χ3v) is 3.47. The Labute approximate surface area is 108 Å². The van der Waals surface area contributed by atoms with E-state index >= 15 is 0 Å². The van der Waals surface area contributed by atoms with E-state index in [9.17, 15) is 18.0 Å². The average molecular weight is 324 g/mol. The maximum atomic E-state index is 12.1. The molecule has 1 atom stereocenters. The molecule has 0 fully saturated rings. The summed E-state index contributed by atoms with van der Waals surface area (Å²) in [5.74, 6) is -0.580. The smallest absolute Gasteiger partial charge is 0.408 e. The van der Waals surface area contributed by atoms with Crippen molar-refractivity contribution in [1.82, 2.24) is 4.98 Å². The molecule has 98 valence electrons. The molecule has 0 aliphatic carbocycles. The summed E-state index contributed by atoms with van der Waals surface area (Å²) in [5, 5.41) is 0. The molecule has 3 nitrogen and oxygen atoms in total. The van der Waals surface area contributed by atoms with E-state index in [4.69, 9.17) is 4.42 Å². The zero-order valence-electron chi connectivity index (χ0n) is 9.05. The lowest BCUT2D eigenvalue weighted by Crippen LogP contribution is -2.08. The highest BCUT2D eigenvalue weighted by Gasteiger charge is 2.28. The molecular weight excluding hydrogens is 315 g/mol. The minimum Gasteiger partial charge on any atom is -0.408 e. The van der Waals surface area contributed by atoms with Gasteiger partial charge in [0, 0.05) is 11.2 Å². The van der Waals surface area contributed by atoms with Gasteiger partial charge in [0.25, 0.3) is 0 Å². The van der Waals surface area contributed by atoms with Crippen LogP contribution in [0.15, 0.2) is 27.4 Å². The highest BCUT2D eigenvalue weighted by Crippen LogP contribution is 2.33. The summed E-state index contributed by atoms with van der Waals surface area (Å²) in [6.07, 6.45) is -5.10. The maximum absolute atomic E-state index is 12.1. The number of rotatable bonds is 3. The van der Waals surface area contributed by atoms with Gasteiger partial charge in [-0.2, -0.15) is 13.2 Å². The Bertz CT molecular complexity index is 602. The van der Waals surface area contributed by atoms with Crippen LogP contribution in [0.3, 0.4) is 0 Å². The topological polar surface area (TPSA) is 46.0 Å². The summed E-state index contributed by atoms with van der Waals surface area (Å²) in [6.45, 7) is 0. The van der Waals surface area contributed by atoms with Crippen molar-refractivity contribution in [2.75, 3.05) is 0 Å². The van der Waals surface area contributed by atoms with Gasteiger partial charge in [0.15, 0.2) is 5.58 Å². The summed E-state index contributed by atoms with van der Waals surface area (Å²) >= 11 is 3.20. The van der Waals surface area contributed by atoms with Crippen molar-refractivity contribution in [3.05, 3.63) is 34.3 Å². The molecule has 0 radical (unpaired) electrons. The Balaban J connectivity index is 2.17. The van der Waals surface area contributed by atoms with Crippen molar-refractivity contribution in [1.29, 1.82) is 0 Å². The first-order chi connectivity index (χ1) is 8.35. The van der Waals surface area contributed by atoms with Crippen LogP contribution in [0, 0.1) is 0 Å². The third kappa shape index (κ3) is 3.16. The van der Waals surface area contributed by atoms with Crippen molar-refractivity contribution >= 4 is 27.0 Å². The van der Waals surface area contributed by atoms with Gasteiger partial charge >= 0.3 is 11.9 Å². The van der Waals surface area contributed by atoms with Gasteiger partial charge in [0.2, 0.25) is 0 Å². The molecule has 1 aromatic heterocycles. The number of hydrogen-bond donors (Lipinski definition) is 1. The molecule has 0 aliphatic heterocycles. The number of halogens is 4. The van der Waals surface area contributed by atoms with Gasteiger partial charge in [-0.1, -0.05) is 22.0 Å². The number of alkyl halides is 4. The predicted octanol–water partition coefficient (Wildman–Crippen LogP) is 3.90. The molecule has 1 heterocycles. The molecule has 0 saturated carbocycles. The van der Waals surface area contributed by atoms with Crippen LogP contribution >= 0.6 is 15.9 Å².